The van der Waals surface area contributed by atoms with Gasteiger partial charge < -0.3 is 14.2 Å². The van der Waals surface area contributed by atoms with Crippen LogP contribution in [0.1, 0.15) is 37.8 Å². The molecule has 0 aromatic carbocycles. The van der Waals surface area contributed by atoms with E-state index in [1.165, 1.54) is 6.42 Å². The molecule has 1 aromatic heterocycles. The Morgan fingerprint density at radius 3 is 2.96 bits per heavy atom. The summed E-state index contributed by atoms with van der Waals surface area (Å²) in [7, 11) is 0. The smallest absolute Gasteiger partial charge is 0.0888 e. The molecule has 0 unspecified atom stereocenters. The van der Waals surface area contributed by atoms with Gasteiger partial charge in [-0.25, -0.2) is 0 Å². The number of hydrogen-bond acceptors (Lipinski definition) is 5. The molecule has 0 spiro atoms. The second-order valence-electron chi connectivity index (χ2n) is 7.74. The SMILES string of the molecule is c1ccc(COC[C@@]23CCCO[C@H]2CCN(C2CCOCC2)C3)nc1. The van der Waals surface area contributed by atoms with E-state index in [0.717, 1.165) is 70.9 Å². The summed E-state index contributed by atoms with van der Waals surface area (Å²) in [6.07, 6.45) is 7.99. The van der Waals surface area contributed by atoms with Crippen LogP contribution in [0.5, 0.6) is 0 Å². The zero-order valence-corrected chi connectivity index (χ0v) is 15.1. The Labute approximate surface area is 150 Å². The van der Waals surface area contributed by atoms with E-state index in [9.17, 15) is 0 Å². The summed E-state index contributed by atoms with van der Waals surface area (Å²) in [5.41, 5.74) is 1.15. The molecule has 5 heteroatoms. The van der Waals surface area contributed by atoms with Crippen molar-refractivity contribution >= 4 is 0 Å². The molecule has 3 saturated heterocycles. The predicted octanol–water partition coefficient (Wildman–Crippen LogP) is 2.65. The lowest BCUT2D eigenvalue weighted by atomic mass is 9.72. The highest BCUT2D eigenvalue weighted by molar-refractivity contribution is 5.02. The first-order valence-electron chi connectivity index (χ1n) is 9.77. The summed E-state index contributed by atoms with van der Waals surface area (Å²) in [4.78, 5) is 7.06. The maximum Gasteiger partial charge on any atom is 0.0888 e. The lowest BCUT2D eigenvalue weighted by Gasteiger charge is -2.52. The Kier molecular flexibility index (Phi) is 5.66. The van der Waals surface area contributed by atoms with Crippen LogP contribution in [0.15, 0.2) is 24.4 Å². The number of nitrogens with zero attached hydrogens (tertiary/aromatic N) is 2. The lowest BCUT2D eigenvalue weighted by molar-refractivity contribution is -0.163. The topological polar surface area (TPSA) is 43.8 Å². The second kappa shape index (κ2) is 8.12. The number of fused-ring (bicyclic) bond motifs is 1. The number of likely N-dealkylation sites (tertiary alicyclic amines) is 1. The van der Waals surface area contributed by atoms with Gasteiger partial charge in [0.05, 0.1) is 25.0 Å². The van der Waals surface area contributed by atoms with Crippen LogP contribution in [-0.4, -0.2) is 61.5 Å². The van der Waals surface area contributed by atoms with Gasteiger partial charge in [-0.2, -0.15) is 0 Å². The normalized spacial score (nSPS) is 31.6. The van der Waals surface area contributed by atoms with E-state index in [0.29, 0.717) is 18.8 Å². The van der Waals surface area contributed by atoms with Gasteiger partial charge >= 0.3 is 0 Å². The predicted molar refractivity (Wildman–Crippen MR) is 95.3 cm³/mol. The Bertz CT molecular complexity index is 535. The van der Waals surface area contributed by atoms with E-state index < -0.39 is 0 Å². The molecule has 3 aliphatic rings. The molecule has 0 amide bonds. The van der Waals surface area contributed by atoms with E-state index in [2.05, 4.69) is 9.88 Å². The average molecular weight is 346 g/mol. The molecule has 0 N–H and O–H groups in total. The zero-order chi connectivity index (χ0) is 17.0. The third-order valence-electron chi connectivity index (χ3n) is 6.09. The second-order valence-corrected chi connectivity index (χ2v) is 7.74. The van der Waals surface area contributed by atoms with E-state index in [4.69, 9.17) is 14.2 Å². The minimum absolute atomic E-state index is 0.142. The number of ether oxygens (including phenoxy) is 3. The molecule has 25 heavy (non-hydrogen) atoms. The summed E-state index contributed by atoms with van der Waals surface area (Å²) in [6, 6.07) is 6.66. The van der Waals surface area contributed by atoms with Crippen LogP contribution < -0.4 is 0 Å². The van der Waals surface area contributed by atoms with Gasteiger partial charge in [0, 0.05) is 50.6 Å². The monoisotopic (exact) mass is 346 g/mol. The Morgan fingerprint density at radius 1 is 1.20 bits per heavy atom. The molecule has 2 atom stereocenters. The molecular weight excluding hydrogens is 316 g/mol. The van der Waals surface area contributed by atoms with Crippen LogP contribution in [0, 0.1) is 5.41 Å². The van der Waals surface area contributed by atoms with Gasteiger partial charge in [-0.15, -0.1) is 0 Å². The van der Waals surface area contributed by atoms with Gasteiger partial charge in [-0.3, -0.25) is 9.88 Å². The number of hydrogen-bond donors (Lipinski definition) is 0. The highest BCUT2D eigenvalue weighted by atomic mass is 16.5. The first-order chi connectivity index (χ1) is 12.4. The van der Waals surface area contributed by atoms with Gasteiger partial charge in [-0.05, 0) is 44.2 Å². The van der Waals surface area contributed by atoms with E-state index in [1.807, 2.05) is 24.4 Å². The van der Waals surface area contributed by atoms with Crippen molar-refractivity contribution in [1.82, 2.24) is 9.88 Å². The van der Waals surface area contributed by atoms with Crippen LogP contribution in [0.4, 0.5) is 0 Å². The van der Waals surface area contributed by atoms with Crippen LogP contribution >= 0.6 is 0 Å². The molecule has 0 bridgehead atoms. The third-order valence-corrected chi connectivity index (χ3v) is 6.09. The highest BCUT2D eigenvalue weighted by Crippen LogP contribution is 2.41. The Balaban J connectivity index is 1.40. The maximum atomic E-state index is 6.18. The molecule has 3 fully saturated rings. The van der Waals surface area contributed by atoms with E-state index in [-0.39, 0.29) is 5.41 Å². The first kappa shape index (κ1) is 17.4. The van der Waals surface area contributed by atoms with Crippen LogP contribution in [-0.2, 0) is 20.8 Å². The van der Waals surface area contributed by atoms with Gasteiger partial charge in [0.25, 0.3) is 0 Å². The summed E-state index contributed by atoms with van der Waals surface area (Å²) in [5, 5.41) is 0. The van der Waals surface area contributed by atoms with Gasteiger partial charge in [0.15, 0.2) is 0 Å². The lowest BCUT2D eigenvalue weighted by Crippen LogP contribution is -2.59. The average Bonchev–Trinajstić information content (AvgIpc) is 2.69. The Morgan fingerprint density at radius 2 is 2.12 bits per heavy atom. The van der Waals surface area contributed by atoms with Crippen molar-refractivity contribution in [3.63, 3.8) is 0 Å². The summed E-state index contributed by atoms with van der Waals surface area (Å²) in [5.74, 6) is 0. The van der Waals surface area contributed by atoms with Crippen molar-refractivity contribution in [3.05, 3.63) is 30.1 Å². The first-order valence-corrected chi connectivity index (χ1v) is 9.77. The molecule has 4 heterocycles. The van der Waals surface area contributed by atoms with Crippen LogP contribution in [0.25, 0.3) is 0 Å². The largest absolute Gasteiger partial charge is 0.381 e. The quantitative estimate of drug-likeness (QED) is 0.820. The highest BCUT2D eigenvalue weighted by Gasteiger charge is 2.47. The fourth-order valence-corrected chi connectivity index (χ4v) is 4.74. The molecule has 138 valence electrons. The third kappa shape index (κ3) is 4.05. The molecule has 0 saturated carbocycles. The van der Waals surface area contributed by atoms with Crippen molar-refractivity contribution in [2.45, 2.75) is 50.9 Å². The van der Waals surface area contributed by atoms with Crippen molar-refractivity contribution < 1.29 is 14.2 Å². The molecule has 5 nitrogen and oxygen atoms in total. The van der Waals surface area contributed by atoms with Crippen molar-refractivity contribution in [2.24, 2.45) is 5.41 Å². The van der Waals surface area contributed by atoms with Crippen molar-refractivity contribution in [1.29, 1.82) is 0 Å². The molecule has 4 rings (SSSR count). The number of pyridine rings is 1. The van der Waals surface area contributed by atoms with Gasteiger partial charge in [0.2, 0.25) is 0 Å². The molecule has 1 aromatic rings. The van der Waals surface area contributed by atoms with Gasteiger partial charge in [0.1, 0.15) is 0 Å². The standard InChI is InChI=1S/C20H30N2O3/c1-2-9-21-17(4-1)14-24-16-20-8-3-11-25-19(20)5-10-22(15-20)18-6-12-23-13-7-18/h1-2,4,9,18-19H,3,5-8,10-16H2/t19-,20-/m0/s1. The number of piperidine rings is 1. The van der Waals surface area contributed by atoms with E-state index >= 15 is 0 Å². The van der Waals surface area contributed by atoms with Gasteiger partial charge in [-0.1, -0.05) is 6.07 Å². The molecule has 3 aliphatic heterocycles. The van der Waals surface area contributed by atoms with E-state index in [1.54, 1.807) is 0 Å². The number of rotatable bonds is 5. The molecule has 0 aliphatic carbocycles. The van der Waals surface area contributed by atoms with Crippen LogP contribution in [0.3, 0.4) is 0 Å². The molecule has 0 radical (unpaired) electrons. The Hall–Kier alpha value is -1.01. The minimum atomic E-state index is 0.142. The van der Waals surface area contributed by atoms with Crippen molar-refractivity contribution in [3.8, 4) is 0 Å². The summed E-state index contributed by atoms with van der Waals surface area (Å²) >= 11 is 0. The fourth-order valence-electron chi connectivity index (χ4n) is 4.74. The zero-order valence-electron chi connectivity index (χ0n) is 15.1. The summed E-state index contributed by atoms with van der Waals surface area (Å²) in [6.45, 7) is 6.33. The minimum Gasteiger partial charge on any atom is -0.381 e. The fraction of sp³-hybridized carbons (Fsp3) is 0.750. The van der Waals surface area contributed by atoms with Crippen LogP contribution in [0.2, 0.25) is 0 Å². The van der Waals surface area contributed by atoms with Crippen molar-refractivity contribution in [2.75, 3.05) is 39.5 Å². The summed E-state index contributed by atoms with van der Waals surface area (Å²) < 4.78 is 17.9. The molecular formula is C20H30N2O3. The number of aromatic nitrogens is 1. The maximum absolute atomic E-state index is 6.18.